The van der Waals surface area contributed by atoms with Gasteiger partial charge in [-0.25, -0.2) is 5.11 Å². The lowest BCUT2D eigenvalue weighted by Gasteiger charge is -2.25. The molecule has 0 rings (SSSR count). The average Bonchev–Trinajstić information content (AvgIpc) is 1.98. The van der Waals surface area contributed by atoms with Crippen molar-refractivity contribution in [3.63, 3.8) is 0 Å². The fraction of sp³-hybridized carbons (Fsp3) is 0.889. The van der Waals surface area contributed by atoms with Crippen molar-refractivity contribution in [3.8, 4) is 0 Å². The highest BCUT2D eigenvalue weighted by Gasteiger charge is 2.20. The van der Waals surface area contributed by atoms with Crippen molar-refractivity contribution >= 4 is 5.91 Å². The molecule has 0 aromatic heterocycles. The monoisotopic (exact) mass is 172 g/mol. The van der Waals surface area contributed by atoms with E-state index < -0.39 is 6.23 Å². The first-order valence-electron chi connectivity index (χ1n) is 4.47. The molecule has 0 aliphatic carbocycles. The molecule has 0 N–H and O–H groups in total. The summed E-state index contributed by atoms with van der Waals surface area (Å²) < 4.78 is 0. The molecule has 12 heavy (non-hydrogen) atoms. The standard InChI is InChI=1S/C9H18NO2/c1-5-6-10(8(4)11)9(12)7(2)3/h7-8H,5-6H2,1-4H3. The molecule has 0 bridgehead atoms. The van der Waals surface area contributed by atoms with Gasteiger partial charge >= 0.3 is 0 Å². The Hall–Kier alpha value is -0.570. The number of carbonyl (C=O) groups excluding carboxylic acids is 1. The Balaban J connectivity index is 4.19. The Bertz CT molecular complexity index is 143. The number of nitrogens with zero attached hydrogens (tertiary/aromatic N) is 1. The van der Waals surface area contributed by atoms with Crippen molar-refractivity contribution in [3.05, 3.63) is 0 Å². The van der Waals surface area contributed by atoms with E-state index in [1.807, 2.05) is 20.8 Å². The zero-order chi connectivity index (χ0) is 9.72. The first-order valence-corrected chi connectivity index (χ1v) is 4.47. The zero-order valence-corrected chi connectivity index (χ0v) is 8.33. The van der Waals surface area contributed by atoms with Crippen LogP contribution in [0.3, 0.4) is 0 Å². The zero-order valence-electron chi connectivity index (χ0n) is 8.33. The summed E-state index contributed by atoms with van der Waals surface area (Å²) in [6.45, 7) is 7.67. The molecule has 0 saturated heterocycles. The van der Waals surface area contributed by atoms with E-state index in [1.165, 1.54) is 11.8 Å². The number of hydrogen-bond acceptors (Lipinski definition) is 1. The minimum atomic E-state index is -0.917. The summed E-state index contributed by atoms with van der Waals surface area (Å²) in [6, 6.07) is 0. The van der Waals surface area contributed by atoms with E-state index in [4.69, 9.17) is 0 Å². The summed E-state index contributed by atoms with van der Waals surface area (Å²) in [5.41, 5.74) is 0. The van der Waals surface area contributed by atoms with Gasteiger partial charge in [-0.2, -0.15) is 0 Å². The van der Waals surface area contributed by atoms with Crippen LogP contribution in [0.25, 0.3) is 0 Å². The predicted octanol–water partition coefficient (Wildman–Crippen LogP) is 1.66. The third-order valence-corrected chi connectivity index (χ3v) is 1.68. The minimum absolute atomic E-state index is 0.0423. The van der Waals surface area contributed by atoms with Gasteiger partial charge in [0, 0.05) is 12.5 Å². The van der Waals surface area contributed by atoms with Gasteiger partial charge in [-0.05, 0) is 13.3 Å². The van der Waals surface area contributed by atoms with E-state index in [0.29, 0.717) is 6.54 Å². The van der Waals surface area contributed by atoms with Gasteiger partial charge in [0.1, 0.15) is 0 Å². The Morgan fingerprint density at radius 3 is 2.08 bits per heavy atom. The maximum absolute atomic E-state index is 11.4. The third kappa shape index (κ3) is 3.22. The molecule has 0 aromatic rings. The SMILES string of the molecule is CCCN(C(=O)C(C)C)C(C)[O]. The second-order valence-corrected chi connectivity index (χ2v) is 3.29. The van der Waals surface area contributed by atoms with Crippen LogP contribution >= 0.6 is 0 Å². The van der Waals surface area contributed by atoms with Gasteiger partial charge in [-0.1, -0.05) is 20.8 Å². The highest BCUT2D eigenvalue weighted by Crippen LogP contribution is 2.05. The van der Waals surface area contributed by atoms with Gasteiger partial charge in [-0.3, -0.25) is 4.79 Å². The van der Waals surface area contributed by atoms with Crippen LogP contribution in [0.1, 0.15) is 34.1 Å². The van der Waals surface area contributed by atoms with E-state index in [9.17, 15) is 9.90 Å². The van der Waals surface area contributed by atoms with Crippen LogP contribution in [0.4, 0.5) is 0 Å². The van der Waals surface area contributed by atoms with Gasteiger partial charge in [0.05, 0.1) is 0 Å². The summed E-state index contributed by atoms with van der Waals surface area (Å²) >= 11 is 0. The molecule has 1 unspecified atom stereocenters. The molecule has 0 aromatic carbocycles. The molecule has 0 aliphatic heterocycles. The van der Waals surface area contributed by atoms with Crippen LogP contribution in [0.2, 0.25) is 0 Å². The second-order valence-electron chi connectivity index (χ2n) is 3.29. The molecule has 0 heterocycles. The maximum atomic E-state index is 11.4. The molecule has 0 spiro atoms. The van der Waals surface area contributed by atoms with Gasteiger partial charge in [-0.15, -0.1) is 0 Å². The topological polar surface area (TPSA) is 40.2 Å². The van der Waals surface area contributed by atoms with Gasteiger partial charge in [0.15, 0.2) is 6.23 Å². The minimum Gasteiger partial charge on any atom is -0.314 e. The van der Waals surface area contributed by atoms with Crippen LogP contribution in [0.15, 0.2) is 0 Å². The van der Waals surface area contributed by atoms with E-state index in [-0.39, 0.29) is 11.8 Å². The Morgan fingerprint density at radius 2 is 1.83 bits per heavy atom. The summed E-state index contributed by atoms with van der Waals surface area (Å²) in [7, 11) is 0. The van der Waals surface area contributed by atoms with Gasteiger partial charge < -0.3 is 4.90 Å². The number of hydrogen-bond donors (Lipinski definition) is 0. The van der Waals surface area contributed by atoms with Crippen molar-refractivity contribution in [2.24, 2.45) is 5.92 Å². The fourth-order valence-electron chi connectivity index (χ4n) is 1.04. The third-order valence-electron chi connectivity index (χ3n) is 1.68. The van der Waals surface area contributed by atoms with Crippen molar-refractivity contribution in [1.29, 1.82) is 0 Å². The fourth-order valence-corrected chi connectivity index (χ4v) is 1.04. The maximum Gasteiger partial charge on any atom is 0.227 e. The number of amides is 1. The largest absolute Gasteiger partial charge is 0.314 e. The van der Waals surface area contributed by atoms with Gasteiger partial charge in [0.25, 0.3) is 0 Å². The van der Waals surface area contributed by atoms with Crippen molar-refractivity contribution in [1.82, 2.24) is 4.90 Å². The van der Waals surface area contributed by atoms with Crippen LogP contribution in [0, 0.1) is 5.92 Å². The molecule has 71 valence electrons. The lowest BCUT2D eigenvalue weighted by atomic mass is 10.2. The first-order chi connectivity index (χ1) is 5.50. The number of rotatable bonds is 4. The molecule has 3 nitrogen and oxygen atoms in total. The molecule has 1 radical (unpaired) electrons. The van der Waals surface area contributed by atoms with Crippen molar-refractivity contribution in [2.45, 2.75) is 40.3 Å². The summed E-state index contributed by atoms with van der Waals surface area (Å²) in [4.78, 5) is 12.8. The lowest BCUT2D eigenvalue weighted by molar-refractivity contribution is -0.147. The molecular weight excluding hydrogens is 154 g/mol. The van der Waals surface area contributed by atoms with Crippen molar-refractivity contribution in [2.75, 3.05) is 6.54 Å². The summed E-state index contributed by atoms with van der Waals surface area (Å²) in [6.07, 6.45) is -0.0785. The molecule has 3 heteroatoms. The highest BCUT2D eigenvalue weighted by molar-refractivity contribution is 5.78. The van der Waals surface area contributed by atoms with E-state index >= 15 is 0 Å². The Labute approximate surface area is 74.4 Å². The normalized spacial score (nSPS) is 13.2. The highest BCUT2D eigenvalue weighted by atomic mass is 16.3. The summed E-state index contributed by atoms with van der Waals surface area (Å²) in [5.74, 6) is -0.118. The first kappa shape index (κ1) is 11.4. The molecule has 0 fully saturated rings. The smallest absolute Gasteiger partial charge is 0.227 e. The molecule has 0 aliphatic rings. The molecule has 0 saturated carbocycles. The van der Waals surface area contributed by atoms with E-state index in [2.05, 4.69) is 0 Å². The lowest BCUT2D eigenvalue weighted by Crippen LogP contribution is -2.40. The van der Waals surface area contributed by atoms with Crippen LogP contribution in [0.5, 0.6) is 0 Å². The van der Waals surface area contributed by atoms with E-state index in [0.717, 1.165) is 6.42 Å². The Kier molecular flexibility index (Phi) is 4.90. The molecule has 1 amide bonds. The average molecular weight is 172 g/mol. The molecular formula is C9H18NO2. The quantitative estimate of drug-likeness (QED) is 0.594. The van der Waals surface area contributed by atoms with Crippen LogP contribution in [-0.2, 0) is 9.90 Å². The van der Waals surface area contributed by atoms with Crippen molar-refractivity contribution < 1.29 is 9.90 Å². The van der Waals surface area contributed by atoms with E-state index in [1.54, 1.807) is 0 Å². The van der Waals surface area contributed by atoms with Gasteiger partial charge in [0.2, 0.25) is 5.91 Å². The summed E-state index contributed by atoms with van der Waals surface area (Å²) in [5, 5.41) is 11.1. The molecule has 1 atom stereocenters. The van der Waals surface area contributed by atoms with Crippen LogP contribution < -0.4 is 0 Å². The number of carbonyl (C=O) groups is 1. The predicted molar refractivity (Wildman–Crippen MR) is 47.0 cm³/mol. The van der Waals surface area contributed by atoms with Crippen LogP contribution in [-0.4, -0.2) is 23.6 Å². The second kappa shape index (κ2) is 5.14. The Morgan fingerprint density at radius 1 is 1.33 bits per heavy atom.